The van der Waals surface area contributed by atoms with Gasteiger partial charge in [0, 0.05) is 24.9 Å². The van der Waals surface area contributed by atoms with Crippen LogP contribution in [-0.2, 0) is 16.1 Å². The van der Waals surface area contributed by atoms with Crippen molar-refractivity contribution in [2.75, 3.05) is 25.5 Å². The molecule has 1 unspecified atom stereocenters. The first-order chi connectivity index (χ1) is 9.22. The third-order valence-corrected chi connectivity index (χ3v) is 3.97. The Morgan fingerprint density at radius 3 is 2.89 bits per heavy atom. The van der Waals surface area contributed by atoms with Crippen molar-refractivity contribution >= 4 is 11.6 Å². The Morgan fingerprint density at radius 1 is 1.47 bits per heavy atom. The highest BCUT2D eigenvalue weighted by molar-refractivity contribution is 5.96. The standard InChI is InChI=1S/C15H22N2O2/c1-3-15(8-9-16-11-15)14(18)17-13-7-5-4-6-12(13)10-19-2/h4-7,16H,3,8-11H2,1-2H3,(H,17,18). The lowest BCUT2D eigenvalue weighted by molar-refractivity contribution is -0.124. The number of methoxy groups -OCH3 is 1. The molecule has 1 aliphatic heterocycles. The van der Waals surface area contributed by atoms with E-state index in [2.05, 4.69) is 17.6 Å². The molecule has 0 radical (unpaired) electrons. The van der Waals surface area contributed by atoms with Crippen LogP contribution < -0.4 is 10.6 Å². The number of para-hydroxylation sites is 1. The number of anilines is 1. The van der Waals surface area contributed by atoms with E-state index in [1.807, 2.05) is 24.3 Å². The third kappa shape index (κ3) is 2.96. The molecular formula is C15H22N2O2. The molecule has 1 atom stereocenters. The molecule has 0 spiro atoms. The molecule has 1 aromatic rings. The summed E-state index contributed by atoms with van der Waals surface area (Å²) < 4.78 is 5.16. The van der Waals surface area contributed by atoms with E-state index in [0.717, 1.165) is 37.2 Å². The van der Waals surface area contributed by atoms with Gasteiger partial charge < -0.3 is 15.4 Å². The van der Waals surface area contributed by atoms with Crippen LogP contribution in [0.4, 0.5) is 5.69 Å². The van der Waals surface area contributed by atoms with E-state index in [1.54, 1.807) is 7.11 Å². The van der Waals surface area contributed by atoms with Crippen LogP contribution in [0.3, 0.4) is 0 Å². The monoisotopic (exact) mass is 262 g/mol. The van der Waals surface area contributed by atoms with Gasteiger partial charge in [0.15, 0.2) is 0 Å². The number of amides is 1. The molecule has 1 fully saturated rings. The van der Waals surface area contributed by atoms with Gasteiger partial charge in [-0.2, -0.15) is 0 Å². The van der Waals surface area contributed by atoms with E-state index < -0.39 is 0 Å². The third-order valence-electron chi connectivity index (χ3n) is 3.97. The Hall–Kier alpha value is -1.39. The van der Waals surface area contributed by atoms with Crippen LogP contribution in [-0.4, -0.2) is 26.1 Å². The van der Waals surface area contributed by atoms with E-state index in [-0.39, 0.29) is 11.3 Å². The normalized spacial score (nSPS) is 22.4. The summed E-state index contributed by atoms with van der Waals surface area (Å²) in [6, 6.07) is 7.79. The molecule has 1 amide bonds. The minimum atomic E-state index is -0.264. The van der Waals surface area contributed by atoms with Crippen molar-refractivity contribution in [1.29, 1.82) is 0 Å². The molecule has 19 heavy (non-hydrogen) atoms. The maximum atomic E-state index is 12.5. The maximum Gasteiger partial charge on any atom is 0.231 e. The van der Waals surface area contributed by atoms with Crippen LogP contribution in [0, 0.1) is 5.41 Å². The average Bonchev–Trinajstić information content (AvgIpc) is 2.91. The van der Waals surface area contributed by atoms with Gasteiger partial charge in [-0.15, -0.1) is 0 Å². The number of carbonyl (C=O) groups is 1. The highest BCUT2D eigenvalue weighted by Crippen LogP contribution is 2.31. The zero-order valence-corrected chi connectivity index (χ0v) is 11.7. The summed E-state index contributed by atoms with van der Waals surface area (Å²) in [7, 11) is 1.66. The Bertz CT molecular complexity index is 440. The number of benzene rings is 1. The summed E-state index contributed by atoms with van der Waals surface area (Å²) in [6.07, 6.45) is 1.76. The first-order valence-electron chi connectivity index (χ1n) is 6.81. The number of hydrogen-bond acceptors (Lipinski definition) is 3. The zero-order valence-electron chi connectivity index (χ0n) is 11.7. The minimum absolute atomic E-state index is 0.114. The van der Waals surface area contributed by atoms with Crippen molar-refractivity contribution in [3.05, 3.63) is 29.8 Å². The summed E-state index contributed by atoms with van der Waals surface area (Å²) >= 11 is 0. The first kappa shape index (κ1) is 14.0. The SMILES string of the molecule is CCC1(C(=O)Nc2ccccc2COC)CCNC1. The highest BCUT2D eigenvalue weighted by Gasteiger charge is 2.39. The second-order valence-electron chi connectivity index (χ2n) is 5.10. The molecular weight excluding hydrogens is 240 g/mol. The zero-order chi connectivity index (χ0) is 13.7. The Balaban J connectivity index is 2.14. The quantitative estimate of drug-likeness (QED) is 0.855. The number of carbonyl (C=O) groups excluding carboxylic acids is 1. The topological polar surface area (TPSA) is 50.4 Å². The largest absolute Gasteiger partial charge is 0.380 e. The summed E-state index contributed by atoms with van der Waals surface area (Å²) in [6.45, 7) is 4.27. The van der Waals surface area contributed by atoms with E-state index in [4.69, 9.17) is 4.74 Å². The molecule has 4 heteroatoms. The van der Waals surface area contributed by atoms with Crippen LogP contribution in [0.2, 0.25) is 0 Å². The average molecular weight is 262 g/mol. The summed E-state index contributed by atoms with van der Waals surface area (Å²) in [4.78, 5) is 12.5. The van der Waals surface area contributed by atoms with Gasteiger partial charge in [-0.25, -0.2) is 0 Å². The molecule has 0 aromatic heterocycles. The molecule has 2 rings (SSSR count). The molecule has 1 saturated heterocycles. The fourth-order valence-electron chi connectivity index (χ4n) is 2.58. The van der Waals surface area contributed by atoms with Gasteiger partial charge in [-0.1, -0.05) is 25.1 Å². The van der Waals surface area contributed by atoms with Gasteiger partial charge in [0.1, 0.15) is 0 Å². The van der Waals surface area contributed by atoms with Crippen molar-refractivity contribution in [3.63, 3.8) is 0 Å². The van der Waals surface area contributed by atoms with E-state index >= 15 is 0 Å². The van der Waals surface area contributed by atoms with Gasteiger partial charge >= 0.3 is 0 Å². The molecule has 2 N–H and O–H groups in total. The van der Waals surface area contributed by atoms with Crippen molar-refractivity contribution in [2.24, 2.45) is 5.41 Å². The van der Waals surface area contributed by atoms with Gasteiger partial charge in [-0.05, 0) is 25.5 Å². The van der Waals surface area contributed by atoms with Crippen molar-refractivity contribution in [2.45, 2.75) is 26.4 Å². The van der Waals surface area contributed by atoms with Gasteiger partial charge in [-0.3, -0.25) is 4.79 Å². The van der Waals surface area contributed by atoms with Gasteiger partial charge in [0.25, 0.3) is 0 Å². The van der Waals surface area contributed by atoms with Gasteiger partial charge in [0.05, 0.1) is 12.0 Å². The van der Waals surface area contributed by atoms with Crippen molar-refractivity contribution in [3.8, 4) is 0 Å². The van der Waals surface area contributed by atoms with Crippen LogP contribution >= 0.6 is 0 Å². The number of hydrogen-bond donors (Lipinski definition) is 2. The Labute approximate surface area is 114 Å². The lowest BCUT2D eigenvalue weighted by Gasteiger charge is -2.25. The van der Waals surface area contributed by atoms with Crippen molar-refractivity contribution < 1.29 is 9.53 Å². The van der Waals surface area contributed by atoms with Crippen LogP contribution in [0.25, 0.3) is 0 Å². The molecule has 1 aliphatic rings. The molecule has 1 aromatic carbocycles. The summed E-state index contributed by atoms with van der Waals surface area (Å²) in [5.41, 5.74) is 1.60. The number of rotatable bonds is 5. The highest BCUT2D eigenvalue weighted by atomic mass is 16.5. The second-order valence-corrected chi connectivity index (χ2v) is 5.10. The smallest absolute Gasteiger partial charge is 0.231 e. The fourth-order valence-corrected chi connectivity index (χ4v) is 2.58. The second kappa shape index (κ2) is 6.17. The van der Waals surface area contributed by atoms with Crippen LogP contribution in [0.5, 0.6) is 0 Å². The summed E-state index contributed by atoms with van der Waals surface area (Å²) in [5, 5.41) is 6.36. The Kier molecular flexibility index (Phi) is 4.56. The molecule has 1 heterocycles. The molecule has 0 bridgehead atoms. The molecule has 4 nitrogen and oxygen atoms in total. The predicted molar refractivity (Wildman–Crippen MR) is 76.0 cm³/mol. The fraction of sp³-hybridized carbons (Fsp3) is 0.533. The van der Waals surface area contributed by atoms with E-state index in [0.29, 0.717) is 6.61 Å². The molecule has 104 valence electrons. The minimum Gasteiger partial charge on any atom is -0.380 e. The number of nitrogens with one attached hydrogen (secondary N) is 2. The molecule has 0 aliphatic carbocycles. The maximum absolute atomic E-state index is 12.5. The lowest BCUT2D eigenvalue weighted by Crippen LogP contribution is -2.37. The molecule has 0 saturated carbocycles. The van der Waals surface area contributed by atoms with Gasteiger partial charge in [0.2, 0.25) is 5.91 Å². The first-order valence-corrected chi connectivity index (χ1v) is 6.81. The summed E-state index contributed by atoms with van der Waals surface area (Å²) in [5.74, 6) is 0.114. The van der Waals surface area contributed by atoms with E-state index in [9.17, 15) is 4.79 Å². The van der Waals surface area contributed by atoms with Crippen LogP contribution in [0.15, 0.2) is 24.3 Å². The number of ether oxygens (including phenoxy) is 1. The Morgan fingerprint density at radius 2 is 2.26 bits per heavy atom. The lowest BCUT2D eigenvalue weighted by atomic mass is 9.83. The van der Waals surface area contributed by atoms with E-state index in [1.165, 1.54) is 0 Å². The van der Waals surface area contributed by atoms with Crippen molar-refractivity contribution in [1.82, 2.24) is 5.32 Å². The van der Waals surface area contributed by atoms with Crippen LogP contribution in [0.1, 0.15) is 25.3 Å². The predicted octanol–water partition coefficient (Wildman–Crippen LogP) is 2.16.